The van der Waals surface area contributed by atoms with Crippen molar-refractivity contribution >= 4 is 10.9 Å². The molecule has 0 amide bonds. The first kappa shape index (κ1) is 21.5. The van der Waals surface area contributed by atoms with Gasteiger partial charge in [0.2, 0.25) is 0 Å². The number of nitrogens with zero attached hydrogens (tertiary/aromatic N) is 2. The van der Waals surface area contributed by atoms with Crippen LogP contribution >= 0.6 is 0 Å². The monoisotopic (exact) mass is 424 g/mol. The molecule has 1 saturated carbocycles. The molecule has 3 N–H and O–H groups in total. The summed E-state index contributed by atoms with van der Waals surface area (Å²) in [6, 6.07) is 10.5. The molecule has 1 fully saturated rings. The standard InChI is InChI=1S/C24H28N2O5/c1-13-7-4-5-8-16(13)26-23(30)20-14(2)15(11-12-17(20)25(3)24(26)31)22(29)21-18(27)9-6-10-19(21)28/h4-5,7-8,11-12,18-19,21-22,27-29H,6,9-10H2,1-3H3/t18-,19-,22+/m1/s1. The maximum Gasteiger partial charge on any atom is 0.335 e. The average molecular weight is 424 g/mol. The van der Waals surface area contributed by atoms with Crippen LogP contribution in [0.1, 0.15) is 42.1 Å². The quantitative estimate of drug-likeness (QED) is 0.595. The summed E-state index contributed by atoms with van der Waals surface area (Å²) in [5, 5.41) is 32.2. The maximum atomic E-state index is 13.5. The third kappa shape index (κ3) is 3.43. The van der Waals surface area contributed by atoms with Crippen LogP contribution in [0.5, 0.6) is 0 Å². The van der Waals surface area contributed by atoms with E-state index in [1.807, 2.05) is 19.1 Å². The first-order valence-corrected chi connectivity index (χ1v) is 10.6. The molecule has 31 heavy (non-hydrogen) atoms. The number of hydrogen-bond donors (Lipinski definition) is 3. The van der Waals surface area contributed by atoms with Crippen LogP contribution in [-0.4, -0.2) is 36.7 Å². The lowest BCUT2D eigenvalue weighted by atomic mass is 9.77. The Morgan fingerprint density at radius 2 is 1.65 bits per heavy atom. The molecule has 0 saturated heterocycles. The molecule has 0 radical (unpaired) electrons. The van der Waals surface area contributed by atoms with Crippen molar-refractivity contribution in [2.24, 2.45) is 13.0 Å². The number of aromatic nitrogens is 2. The molecule has 1 heterocycles. The zero-order valence-electron chi connectivity index (χ0n) is 17.9. The number of aryl methyl sites for hydroxylation is 3. The fraction of sp³-hybridized carbons (Fsp3) is 0.417. The van der Waals surface area contributed by atoms with Crippen molar-refractivity contribution in [3.05, 3.63) is 73.9 Å². The predicted octanol–water partition coefficient (Wildman–Crippen LogP) is 1.86. The summed E-state index contributed by atoms with van der Waals surface area (Å²) < 4.78 is 2.59. The van der Waals surface area contributed by atoms with Gasteiger partial charge in [-0.1, -0.05) is 24.3 Å². The summed E-state index contributed by atoms with van der Waals surface area (Å²) in [6.45, 7) is 3.57. The van der Waals surface area contributed by atoms with E-state index in [1.54, 1.807) is 38.2 Å². The first-order chi connectivity index (χ1) is 14.7. The normalized spacial score (nSPS) is 20.8. The molecule has 0 bridgehead atoms. The van der Waals surface area contributed by atoms with Crippen LogP contribution in [-0.2, 0) is 7.05 Å². The van der Waals surface area contributed by atoms with Gasteiger partial charge < -0.3 is 15.3 Å². The van der Waals surface area contributed by atoms with Gasteiger partial charge in [0.15, 0.2) is 0 Å². The molecule has 3 aromatic rings. The number of hydrogen-bond acceptors (Lipinski definition) is 5. The molecule has 3 atom stereocenters. The van der Waals surface area contributed by atoms with Crippen molar-refractivity contribution in [1.82, 2.24) is 9.13 Å². The Morgan fingerprint density at radius 1 is 1.00 bits per heavy atom. The summed E-state index contributed by atoms with van der Waals surface area (Å²) in [5.41, 5.74) is 1.89. The van der Waals surface area contributed by atoms with Gasteiger partial charge in [-0.25, -0.2) is 9.36 Å². The first-order valence-electron chi connectivity index (χ1n) is 10.6. The van der Waals surface area contributed by atoms with E-state index in [2.05, 4.69) is 0 Å². The summed E-state index contributed by atoms with van der Waals surface area (Å²) in [4.78, 5) is 26.6. The van der Waals surface area contributed by atoms with E-state index in [4.69, 9.17) is 0 Å². The highest BCUT2D eigenvalue weighted by Crippen LogP contribution is 2.37. The van der Waals surface area contributed by atoms with E-state index in [0.29, 0.717) is 47.0 Å². The van der Waals surface area contributed by atoms with E-state index in [0.717, 1.165) is 10.1 Å². The molecule has 1 aromatic heterocycles. The molecule has 164 valence electrons. The molecule has 7 heteroatoms. The lowest BCUT2D eigenvalue weighted by Gasteiger charge is -2.36. The second-order valence-corrected chi connectivity index (χ2v) is 8.53. The Morgan fingerprint density at radius 3 is 2.29 bits per heavy atom. The number of aliphatic hydroxyl groups is 3. The fourth-order valence-corrected chi connectivity index (χ4v) is 4.87. The van der Waals surface area contributed by atoms with E-state index in [-0.39, 0.29) is 0 Å². The van der Waals surface area contributed by atoms with Gasteiger partial charge in [-0.05, 0) is 61.9 Å². The average Bonchev–Trinajstić information content (AvgIpc) is 2.73. The number of rotatable bonds is 3. The van der Waals surface area contributed by atoms with Crippen LogP contribution in [0.25, 0.3) is 16.6 Å². The van der Waals surface area contributed by atoms with E-state index < -0.39 is 35.5 Å². The molecule has 2 aromatic carbocycles. The maximum absolute atomic E-state index is 13.5. The van der Waals surface area contributed by atoms with Gasteiger partial charge in [0.25, 0.3) is 5.56 Å². The summed E-state index contributed by atoms with van der Waals surface area (Å²) in [7, 11) is 1.61. The molecule has 0 aliphatic heterocycles. The van der Waals surface area contributed by atoms with Crippen LogP contribution in [0.4, 0.5) is 0 Å². The summed E-state index contributed by atoms with van der Waals surface area (Å²) in [6.07, 6.45) is -1.04. The Bertz CT molecular complexity index is 1250. The Hall–Kier alpha value is -2.74. The number of para-hydroxylation sites is 1. The molecular formula is C24H28N2O5. The van der Waals surface area contributed by atoms with Crippen molar-refractivity contribution in [1.29, 1.82) is 0 Å². The van der Waals surface area contributed by atoms with Crippen molar-refractivity contribution in [3.8, 4) is 5.69 Å². The van der Waals surface area contributed by atoms with Crippen LogP contribution < -0.4 is 11.2 Å². The molecule has 1 aliphatic rings. The molecular weight excluding hydrogens is 396 g/mol. The van der Waals surface area contributed by atoms with Gasteiger partial charge in [-0.15, -0.1) is 0 Å². The number of benzene rings is 2. The molecule has 7 nitrogen and oxygen atoms in total. The minimum Gasteiger partial charge on any atom is -0.393 e. The van der Waals surface area contributed by atoms with E-state index >= 15 is 0 Å². The Labute approximate surface area is 179 Å². The zero-order chi connectivity index (χ0) is 22.4. The second kappa shape index (κ2) is 8.07. The fourth-order valence-electron chi connectivity index (χ4n) is 4.87. The molecule has 0 spiro atoms. The van der Waals surface area contributed by atoms with Crippen molar-refractivity contribution in [2.75, 3.05) is 0 Å². The van der Waals surface area contributed by atoms with Crippen molar-refractivity contribution in [3.63, 3.8) is 0 Å². The highest BCUT2D eigenvalue weighted by atomic mass is 16.3. The third-order valence-corrected chi connectivity index (χ3v) is 6.67. The van der Waals surface area contributed by atoms with Crippen LogP contribution in [0, 0.1) is 19.8 Å². The third-order valence-electron chi connectivity index (χ3n) is 6.67. The minimum absolute atomic E-state index is 0.335. The van der Waals surface area contributed by atoms with Gasteiger partial charge in [-0.2, -0.15) is 0 Å². The Balaban J connectivity index is 1.97. The second-order valence-electron chi connectivity index (χ2n) is 8.53. The predicted molar refractivity (Wildman–Crippen MR) is 119 cm³/mol. The van der Waals surface area contributed by atoms with Gasteiger partial charge in [-0.3, -0.25) is 9.36 Å². The SMILES string of the molecule is Cc1ccccc1-n1c(=O)c2c(C)c([C@H](O)C3[C@H](O)CCC[C@H]3O)ccc2n(C)c1=O. The lowest BCUT2D eigenvalue weighted by molar-refractivity contribution is -0.0832. The lowest BCUT2D eigenvalue weighted by Crippen LogP contribution is -2.41. The van der Waals surface area contributed by atoms with Crippen molar-refractivity contribution < 1.29 is 15.3 Å². The smallest absolute Gasteiger partial charge is 0.335 e. The van der Waals surface area contributed by atoms with Crippen LogP contribution in [0.3, 0.4) is 0 Å². The highest BCUT2D eigenvalue weighted by molar-refractivity contribution is 5.83. The highest BCUT2D eigenvalue weighted by Gasteiger charge is 2.38. The van der Waals surface area contributed by atoms with Gasteiger partial charge in [0, 0.05) is 13.0 Å². The van der Waals surface area contributed by atoms with E-state index in [9.17, 15) is 24.9 Å². The summed E-state index contributed by atoms with van der Waals surface area (Å²) in [5.74, 6) is -0.726. The van der Waals surface area contributed by atoms with Crippen LogP contribution in [0.15, 0.2) is 46.0 Å². The molecule has 0 unspecified atom stereocenters. The van der Waals surface area contributed by atoms with Crippen LogP contribution in [0.2, 0.25) is 0 Å². The zero-order valence-corrected chi connectivity index (χ0v) is 17.9. The van der Waals surface area contributed by atoms with Crippen molar-refractivity contribution in [2.45, 2.75) is 51.4 Å². The summed E-state index contributed by atoms with van der Waals surface area (Å²) >= 11 is 0. The topological polar surface area (TPSA) is 105 Å². The van der Waals surface area contributed by atoms with Gasteiger partial charge in [0.1, 0.15) is 0 Å². The minimum atomic E-state index is -1.13. The number of fused-ring (bicyclic) bond motifs is 1. The van der Waals surface area contributed by atoms with Gasteiger partial charge >= 0.3 is 5.69 Å². The largest absolute Gasteiger partial charge is 0.393 e. The molecule has 1 aliphatic carbocycles. The number of aliphatic hydroxyl groups excluding tert-OH is 3. The van der Waals surface area contributed by atoms with E-state index in [1.165, 1.54) is 4.57 Å². The molecule has 4 rings (SSSR count). The Kier molecular flexibility index (Phi) is 5.60. The van der Waals surface area contributed by atoms with Gasteiger partial charge in [0.05, 0.1) is 34.9 Å².